The van der Waals surface area contributed by atoms with Crippen molar-refractivity contribution in [2.24, 2.45) is 0 Å². The van der Waals surface area contributed by atoms with Gasteiger partial charge in [-0.05, 0) is 63.9 Å². The van der Waals surface area contributed by atoms with Gasteiger partial charge in [0.15, 0.2) is 0 Å². The van der Waals surface area contributed by atoms with Gasteiger partial charge in [0.2, 0.25) is 0 Å². The van der Waals surface area contributed by atoms with Crippen LogP contribution in [0.5, 0.6) is 0 Å². The minimum absolute atomic E-state index is 0.0741. The summed E-state index contributed by atoms with van der Waals surface area (Å²) >= 11 is 6.36. The first-order valence-corrected chi connectivity index (χ1v) is 9.43. The van der Waals surface area contributed by atoms with Crippen molar-refractivity contribution in [1.82, 2.24) is 0 Å². The second-order valence-corrected chi connectivity index (χ2v) is 8.22. The smallest absolute Gasteiger partial charge is 0.277 e. The van der Waals surface area contributed by atoms with Crippen molar-refractivity contribution in [3.8, 4) is 0 Å². The molecule has 1 N–H and O–H groups in total. The first-order valence-electron chi connectivity index (χ1n) is 6.36. The number of sulfonamides is 1. The van der Waals surface area contributed by atoms with E-state index >= 15 is 0 Å². The summed E-state index contributed by atoms with van der Waals surface area (Å²) in [6, 6.07) is 7.80. The Bertz CT molecular complexity index is 881. The van der Waals surface area contributed by atoms with E-state index < -0.39 is 14.9 Å². The number of halogens is 2. The van der Waals surface area contributed by atoms with Crippen molar-refractivity contribution in [1.29, 1.82) is 0 Å². The number of anilines is 1. The van der Waals surface area contributed by atoms with Gasteiger partial charge in [0.05, 0.1) is 15.5 Å². The lowest BCUT2D eigenvalue weighted by atomic mass is 10.2. The molecule has 0 heterocycles. The summed E-state index contributed by atoms with van der Waals surface area (Å²) in [5, 5.41) is 11.2. The van der Waals surface area contributed by atoms with Gasteiger partial charge in [-0.1, -0.05) is 17.7 Å². The molecule has 0 aliphatic rings. The highest BCUT2D eigenvalue weighted by molar-refractivity contribution is 9.11. The number of nitro benzene ring substituents is 1. The van der Waals surface area contributed by atoms with Crippen LogP contribution in [-0.4, -0.2) is 13.3 Å². The van der Waals surface area contributed by atoms with Crippen LogP contribution in [0.1, 0.15) is 11.1 Å². The predicted molar refractivity (Wildman–Crippen MR) is 95.2 cm³/mol. The quantitative estimate of drug-likeness (QED) is 0.532. The van der Waals surface area contributed by atoms with Gasteiger partial charge in [-0.2, -0.15) is 0 Å². The molecular weight excluding hydrogens is 452 g/mol. The van der Waals surface area contributed by atoms with Crippen LogP contribution < -0.4 is 4.72 Å². The topological polar surface area (TPSA) is 89.3 Å². The van der Waals surface area contributed by atoms with Crippen LogP contribution in [0.25, 0.3) is 0 Å². The Hall–Kier alpha value is -1.45. The van der Waals surface area contributed by atoms with E-state index in [9.17, 15) is 18.5 Å². The summed E-state index contributed by atoms with van der Waals surface area (Å²) in [6.07, 6.45) is 0. The van der Waals surface area contributed by atoms with Crippen molar-refractivity contribution >= 4 is 53.3 Å². The number of rotatable bonds is 4. The Labute approximate surface area is 150 Å². The maximum atomic E-state index is 12.5. The lowest BCUT2D eigenvalue weighted by Crippen LogP contribution is -2.14. The van der Waals surface area contributed by atoms with Crippen molar-refractivity contribution in [2.75, 3.05) is 4.72 Å². The standard InChI is InChI=1S/C14H12Br2N2O4S/c1-8-3-5-10(6-4-8)23(21,22)17-13-11(15)7-9(2)14(12(13)16)18(19)20/h3-7,17H,1-2H3. The zero-order chi connectivity index (χ0) is 17.4. The number of benzene rings is 2. The fraction of sp³-hybridized carbons (Fsp3) is 0.143. The molecule has 0 aliphatic carbocycles. The highest BCUT2D eigenvalue weighted by Gasteiger charge is 2.25. The van der Waals surface area contributed by atoms with E-state index in [1.54, 1.807) is 19.1 Å². The largest absolute Gasteiger partial charge is 0.288 e. The highest BCUT2D eigenvalue weighted by Crippen LogP contribution is 2.41. The van der Waals surface area contributed by atoms with Crippen LogP contribution in [0.3, 0.4) is 0 Å². The fourth-order valence-electron chi connectivity index (χ4n) is 1.96. The maximum Gasteiger partial charge on any atom is 0.288 e. The Morgan fingerprint density at radius 1 is 1.13 bits per heavy atom. The van der Waals surface area contributed by atoms with E-state index in [2.05, 4.69) is 36.6 Å². The van der Waals surface area contributed by atoms with E-state index in [1.165, 1.54) is 18.2 Å². The van der Waals surface area contributed by atoms with Crippen molar-refractivity contribution in [2.45, 2.75) is 18.7 Å². The third-order valence-corrected chi connectivity index (χ3v) is 5.90. The number of aryl methyl sites for hydroxylation is 2. The minimum Gasteiger partial charge on any atom is -0.277 e. The molecule has 0 amide bonds. The number of hydrogen-bond acceptors (Lipinski definition) is 4. The molecule has 9 heteroatoms. The van der Waals surface area contributed by atoms with Crippen LogP contribution in [0.15, 0.2) is 44.2 Å². The van der Waals surface area contributed by atoms with E-state index in [0.29, 0.717) is 10.0 Å². The summed E-state index contributed by atoms with van der Waals surface area (Å²) in [5.74, 6) is 0. The number of nitro groups is 1. The molecule has 0 bridgehead atoms. The summed E-state index contributed by atoms with van der Waals surface area (Å²) in [5.41, 5.74) is 1.24. The molecule has 6 nitrogen and oxygen atoms in total. The zero-order valence-electron chi connectivity index (χ0n) is 12.1. The van der Waals surface area contributed by atoms with Gasteiger partial charge >= 0.3 is 0 Å². The SMILES string of the molecule is Cc1ccc(S(=O)(=O)Nc2c(Br)cc(C)c([N+](=O)[O-])c2Br)cc1. The van der Waals surface area contributed by atoms with Crippen LogP contribution >= 0.6 is 31.9 Å². The third kappa shape index (κ3) is 3.73. The van der Waals surface area contributed by atoms with E-state index in [0.717, 1.165) is 5.56 Å². The van der Waals surface area contributed by atoms with E-state index in [-0.39, 0.29) is 20.7 Å². The predicted octanol–water partition coefficient (Wildman–Crippen LogP) is 4.54. The van der Waals surface area contributed by atoms with Crippen LogP contribution in [0, 0.1) is 24.0 Å². The zero-order valence-corrected chi connectivity index (χ0v) is 16.1. The Kier molecular flexibility index (Phi) is 5.12. The van der Waals surface area contributed by atoms with E-state index in [1.807, 2.05) is 6.92 Å². The van der Waals surface area contributed by atoms with Gasteiger partial charge in [0.1, 0.15) is 4.47 Å². The lowest BCUT2D eigenvalue weighted by Gasteiger charge is -2.13. The van der Waals surface area contributed by atoms with Crippen LogP contribution in [0.4, 0.5) is 11.4 Å². The second-order valence-electron chi connectivity index (χ2n) is 4.89. The molecule has 122 valence electrons. The Morgan fingerprint density at radius 3 is 2.22 bits per heavy atom. The molecule has 2 aromatic carbocycles. The van der Waals surface area contributed by atoms with Gasteiger partial charge in [-0.25, -0.2) is 8.42 Å². The summed E-state index contributed by atoms with van der Waals surface area (Å²) in [4.78, 5) is 10.7. The van der Waals surface area contributed by atoms with Crippen molar-refractivity contribution in [3.05, 3.63) is 60.5 Å². The van der Waals surface area contributed by atoms with Gasteiger partial charge in [0.25, 0.3) is 15.7 Å². The highest BCUT2D eigenvalue weighted by atomic mass is 79.9. The van der Waals surface area contributed by atoms with Gasteiger partial charge < -0.3 is 0 Å². The average Bonchev–Trinajstić information content (AvgIpc) is 2.43. The molecule has 0 saturated carbocycles. The Balaban J connectivity index is 2.53. The molecule has 0 saturated heterocycles. The molecule has 0 aliphatic heterocycles. The maximum absolute atomic E-state index is 12.5. The monoisotopic (exact) mass is 462 g/mol. The van der Waals surface area contributed by atoms with Crippen molar-refractivity contribution in [3.63, 3.8) is 0 Å². The molecule has 0 fully saturated rings. The average molecular weight is 464 g/mol. The first-order chi connectivity index (χ1) is 10.6. The van der Waals surface area contributed by atoms with Crippen molar-refractivity contribution < 1.29 is 13.3 Å². The molecule has 0 spiro atoms. The number of nitrogens with one attached hydrogen (secondary N) is 1. The number of nitrogens with zero attached hydrogens (tertiary/aromatic N) is 1. The van der Waals surface area contributed by atoms with Gasteiger partial charge in [-0.3, -0.25) is 14.8 Å². The van der Waals surface area contributed by atoms with Gasteiger partial charge in [0, 0.05) is 10.0 Å². The minimum atomic E-state index is -3.86. The number of hydrogen-bond donors (Lipinski definition) is 1. The first kappa shape index (κ1) is 17.9. The normalized spacial score (nSPS) is 11.3. The van der Waals surface area contributed by atoms with E-state index in [4.69, 9.17) is 0 Å². The van der Waals surface area contributed by atoms with Crippen LogP contribution in [0.2, 0.25) is 0 Å². The molecule has 2 rings (SSSR count). The summed E-state index contributed by atoms with van der Waals surface area (Å²) in [6.45, 7) is 3.42. The molecule has 0 atom stereocenters. The second kappa shape index (κ2) is 6.58. The third-order valence-electron chi connectivity index (χ3n) is 3.13. The lowest BCUT2D eigenvalue weighted by molar-refractivity contribution is -0.386. The molecule has 0 radical (unpaired) electrons. The molecule has 2 aromatic rings. The molecule has 0 aromatic heterocycles. The fourth-order valence-corrected chi connectivity index (χ4v) is 4.99. The summed E-state index contributed by atoms with van der Waals surface area (Å²) < 4.78 is 27.8. The Morgan fingerprint density at radius 2 is 1.70 bits per heavy atom. The molecule has 0 unspecified atom stereocenters. The summed E-state index contributed by atoms with van der Waals surface area (Å²) in [7, 11) is -3.86. The molecular formula is C14H12Br2N2O4S. The van der Waals surface area contributed by atoms with Crippen LogP contribution in [-0.2, 0) is 10.0 Å². The molecule has 23 heavy (non-hydrogen) atoms. The van der Waals surface area contributed by atoms with Gasteiger partial charge in [-0.15, -0.1) is 0 Å².